The molecule has 1 aromatic carbocycles. The van der Waals surface area contributed by atoms with Gasteiger partial charge in [-0.3, -0.25) is 0 Å². The number of methoxy groups -OCH3 is 1. The second-order valence-corrected chi connectivity index (χ2v) is 4.61. The summed E-state index contributed by atoms with van der Waals surface area (Å²) < 4.78 is 5.02. The summed E-state index contributed by atoms with van der Waals surface area (Å²) in [5, 5.41) is 21.7. The van der Waals surface area contributed by atoms with Crippen LogP contribution in [0.2, 0.25) is 0 Å². The Balaban J connectivity index is 2.31. The maximum Gasteiger partial charge on any atom is 0.115 e. The lowest BCUT2D eigenvalue weighted by atomic mass is 10.1. The number of nitrogens with one attached hydrogen (secondary N) is 1. The van der Waals surface area contributed by atoms with Crippen LogP contribution in [0.15, 0.2) is 24.3 Å². The highest BCUT2D eigenvalue weighted by molar-refractivity contribution is 5.25. The Morgan fingerprint density at radius 3 is 2.50 bits per heavy atom. The lowest BCUT2D eigenvalue weighted by Crippen LogP contribution is -2.42. The molecule has 102 valence electrons. The number of ether oxygens (including phenoxy) is 1. The molecule has 0 bridgehead atoms. The highest BCUT2D eigenvalue weighted by Crippen LogP contribution is 2.12. The number of phenolic OH excluding ortho intramolecular Hbond substituents is 1. The number of aliphatic hydroxyl groups excluding tert-OH is 1. The Hall–Kier alpha value is -1.10. The van der Waals surface area contributed by atoms with Crippen LogP contribution in [0.3, 0.4) is 0 Å². The van der Waals surface area contributed by atoms with Gasteiger partial charge >= 0.3 is 0 Å². The van der Waals surface area contributed by atoms with Gasteiger partial charge in [0, 0.05) is 13.2 Å². The zero-order valence-corrected chi connectivity index (χ0v) is 11.1. The van der Waals surface area contributed by atoms with Crippen LogP contribution in [0.1, 0.15) is 18.9 Å². The standard InChI is InChI=1S/C14H23NO3/c1-11(15-13(9-16)10-18-2)3-4-12-5-7-14(17)8-6-12/h5-8,11,13,15-17H,3-4,9-10H2,1-2H3. The molecule has 0 fully saturated rings. The molecular weight excluding hydrogens is 230 g/mol. The van der Waals surface area contributed by atoms with Crippen molar-refractivity contribution in [1.29, 1.82) is 0 Å². The molecule has 2 atom stereocenters. The van der Waals surface area contributed by atoms with Gasteiger partial charge in [-0.05, 0) is 37.5 Å². The number of aromatic hydroxyl groups is 1. The molecule has 0 aliphatic carbocycles. The Morgan fingerprint density at radius 2 is 1.94 bits per heavy atom. The Morgan fingerprint density at radius 1 is 1.28 bits per heavy atom. The van der Waals surface area contributed by atoms with Crippen LogP contribution in [-0.4, -0.2) is 42.6 Å². The van der Waals surface area contributed by atoms with E-state index in [9.17, 15) is 5.11 Å². The molecule has 0 saturated heterocycles. The molecule has 3 N–H and O–H groups in total. The molecule has 2 unspecified atom stereocenters. The topological polar surface area (TPSA) is 61.7 Å². The zero-order valence-electron chi connectivity index (χ0n) is 11.1. The normalized spacial score (nSPS) is 14.4. The first-order valence-electron chi connectivity index (χ1n) is 6.29. The van der Waals surface area contributed by atoms with Gasteiger partial charge in [0.1, 0.15) is 5.75 Å². The van der Waals surface area contributed by atoms with E-state index in [4.69, 9.17) is 9.84 Å². The summed E-state index contributed by atoms with van der Waals surface area (Å²) in [6.07, 6.45) is 1.92. The van der Waals surface area contributed by atoms with Crippen LogP contribution < -0.4 is 5.32 Å². The van der Waals surface area contributed by atoms with Crippen LogP contribution in [0.5, 0.6) is 5.75 Å². The minimum atomic E-state index is -0.00943. The van der Waals surface area contributed by atoms with Crippen LogP contribution in [-0.2, 0) is 11.2 Å². The molecule has 0 aliphatic rings. The summed E-state index contributed by atoms with van der Waals surface area (Å²) in [7, 11) is 1.63. The monoisotopic (exact) mass is 253 g/mol. The van der Waals surface area contributed by atoms with Crippen molar-refractivity contribution in [2.75, 3.05) is 20.3 Å². The van der Waals surface area contributed by atoms with Crippen LogP contribution in [0.4, 0.5) is 0 Å². The van der Waals surface area contributed by atoms with Crippen molar-refractivity contribution in [2.24, 2.45) is 0 Å². The average molecular weight is 253 g/mol. The molecule has 0 aromatic heterocycles. The van der Waals surface area contributed by atoms with E-state index >= 15 is 0 Å². The van der Waals surface area contributed by atoms with Crippen molar-refractivity contribution in [2.45, 2.75) is 31.8 Å². The first-order valence-corrected chi connectivity index (χ1v) is 6.29. The summed E-state index contributed by atoms with van der Waals surface area (Å²) >= 11 is 0. The second-order valence-electron chi connectivity index (χ2n) is 4.61. The lowest BCUT2D eigenvalue weighted by Gasteiger charge is -2.21. The van der Waals surface area contributed by atoms with Crippen molar-refractivity contribution in [3.63, 3.8) is 0 Å². The summed E-state index contributed by atoms with van der Waals surface area (Å²) in [6.45, 7) is 2.69. The average Bonchev–Trinajstić information content (AvgIpc) is 2.37. The Kier molecular flexibility index (Phi) is 6.72. The largest absolute Gasteiger partial charge is 0.508 e. The van der Waals surface area contributed by atoms with Gasteiger partial charge in [0.2, 0.25) is 0 Å². The minimum absolute atomic E-state index is 0.00943. The quantitative estimate of drug-likeness (QED) is 0.654. The van der Waals surface area contributed by atoms with Gasteiger partial charge in [-0.2, -0.15) is 0 Å². The van der Waals surface area contributed by atoms with Crippen molar-refractivity contribution in [3.8, 4) is 5.75 Å². The van der Waals surface area contributed by atoms with Gasteiger partial charge in [-0.25, -0.2) is 0 Å². The van der Waals surface area contributed by atoms with Crippen molar-refractivity contribution < 1.29 is 14.9 Å². The highest BCUT2D eigenvalue weighted by atomic mass is 16.5. The van der Waals surface area contributed by atoms with E-state index < -0.39 is 0 Å². The molecule has 0 saturated carbocycles. The van der Waals surface area contributed by atoms with Gasteiger partial charge in [-0.1, -0.05) is 12.1 Å². The van der Waals surface area contributed by atoms with Gasteiger partial charge < -0.3 is 20.3 Å². The van der Waals surface area contributed by atoms with Crippen molar-refractivity contribution >= 4 is 0 Å². The van der Waals surface area contributed by atoms with Gasteiger partial charge in [0.25, 0.3) is 0 Å². The number of hydrogen-bond donors (Lipinski definition) is 3. The van der Waals surface area contributed by atoms with Gasteiger partial charge in [0.15, 0.2) is 0 Å². The number of hydrogen-bond acceptors (Lipinski definition) is 4. The molecular formula is C14H23NO3. The fourth-order valence-electron chi connectivity index (χ4n) is 1.89. The van der Waals surface area contributed by atoms with Crippen LogP contribution in [0, 0.1) is 0 Å². The molecule has 0 heterocycles. The third-order valence-electron chi connectivity index (χ3n) is 2.91. The van der Waals surface area contributed by atoms with Crippen LogP contribution in [0.25, 0.3) is 0 Å². The summed E-state index contributed by atoms with van der Waals surface area (Å²) in [6, 6.07) is 7.57. The fraction of sp³-hybridized carbons (Fsp3) is 0.571. The van der Waals surface area contributed by atoms with E-state index in [1.54, 1.807) is 19.2 Å². The first kappa shape index (κ1) is 15.0. The molecule has 4 nitrogen and oxygen atoms in total. The zero-order chi connectivity index (χ0) is 13.4. The smallest absolute Gasteiger partial charge is 0.115 e. The predicted octanol–water partition coefficient (Wildman–Crippen LogP) is 1.31. The number of benzene rings is 1. The maximum atomic E-state index is 9.19. The third-order valence-corrected chi connectivity index (χ3v) is 2.91. The van der Waals surface area contributed by atoms with E-state index in [2.05, 4.69) is 12.2 Å². The first-order chi connectivity index (χ1) is 8.65. The van der Waals surface area contributed by atoms with E-state index in [1.165, 1.54) is 5.56 Å². The van der Waals surface area contributed by atoms with Crippen molar-refractivity contribution in [3.05, 3.63) is 29.8 Å². The number of phenols is 1. The molecule has 4 heteroatoms. The van der Waals surface area contributed by atoms with E-state index in [-0.39, 0.29) is 12.6 Å². The molecule has 0 aliphatic heterocycles. The molecule has 18 heavy (non-hydrogen) atoms. The van der Waals surface area contributed by atoms with E-state index in [0.29, 0.717) is 18.4 Å². The van der Waals surface area contributed by atoms with Crippen LogP contribution >= 0.6 is 0 Å². The van der Waals surface area contributed by atoms with Crippen molar-refractivity contribution in [1.82, 2.24) is 5.32 Å². The Labute approximate surface area is 109 Å². The third kappa shape index (κ3) is 5.49. The Bertz CT molecular complexity index is 326. The molecule has 1 rings (SSSR count). The van der Waals surface area contributed by atoms with E-state index in [0.717, 1.165) is 12.8 Å². The summed E-state index contributed by atoms with van der Waals surface area (Å²) in [4.78, 5) is 0. The molecule has 0 radical (unpaired) electrons. The summed E-state index contributed by atoms with van der Waals surface area (Å²) in [5.74, 6) is 0.297. The minimum Gasteiger partial charge on any atom is -0.508 e. The summed E-state index contributed by atoms with van der Waals surface area (Å²) in [5.41, 5.74) is 1.20. The molecule has 0 spiro atoms. The lowest BCUT2D eigenvalue weighted by molar-refractivity contribution is 0.122. The fourth-order valence-corrected chi connectivity index (χ4v) is 1.89. The number of aryl methyl sites for hydroxylation is 1. The van der Waals surface area contributed by atoms with Gasteiger partial charge in [-0.15, -0.1) is 0 Å². The number of aliphatic hydroxyl groups is 1. The SMILES string of the molecule is COCC(CO)NC(C)CCc1ccc(O)cc1. The second kappa shape index (κ2) is 8.08. The van der Waals surface area contributed by atoms with E-state index in [1.807, 2.05) is 12.1 Å². The molecule has 0 amide bonds. The predicted molar refractivity (Wildman–Crippen MR) is 71.8 cm³/mol. The highest BCUT2D eigenvalue weighted by Gasteiger charge is 2.10. The molecule has 1 aromatic rings. The maximum absolute atomic E-state index is 9.19. The van der Waals surface area contributed by atoms with Gasteiger partial charge in [0.05, 0.1) is 19.3 Å². The number of rotatable bonds is 8.